The summed E-state index contributed by atoms with van der Waals surface area (Å²) < 4.78 is 38.5. The fraction of sp³-hybridized carbons (Fsp3) is 0.333. The fourth-order valence-electron chi connectivity index (χ4n) is 1.40. The number of allylic oxidation sites excluding steroid dienone is 1. The Morgan fingerprint density at radius 3 is 2.19 bits per heavy atom. The van der Waals surface area contributed by atoms with E-state index in [4.69, 9.17) is 0 Å². The molecule has 1 atom stereocenters. The van der Waals surface area contributed by atoms with Gasteiger partial charge in [-0.1, -0.05) is 42.5 Å². The molecule has 1 rings (SSSR count). The molecule has 0 saturated heterocycles. The first-order valence-electron chi connectivity index (χ1n) is 4.87. The SMILES string of the molecule is CC=CCC(O)(c1ccccc1)C(F)(F)F. The minimum absolute atomic E-state index is 0.138. The average Bonchev–Trinajstić information content (AvgIpc) is 2.25. The molecule has 1 aromatic carbocycles. The van der Waals surface area contributed by atoms with Crippen molar-refractivity contribution < 1.29 is 18.3 Å². The van der Waals surface area contributed by atoms with Crippen molar-refractivity contribution in [1.82, 2.24) is 0 Å². The summed E-state index contributed by atoms with van der Waals surface area (Å²) in [6.45, 7) is 1.61. The third-order valence-electron chi connectivity index (χ3n) is 2.37. The molecule has 0 aromatic heterocycles. The summed E-state index contributed by atoms with van der Waals surface area (Å²) in [5.41, 5.74) is -2.94. The van der Waals surface area contributed by atoms with E-state index in [1.165, 1.54) is 36.4 Å². The Morgan fingerprint density at radius 1 is 1.19 bits per heavy atom. The smallest absolute Gasteiger partial charge is 0.376 e. The number of benzene rings is 1. The van der Waals surface area contributed by atoms with Crippen LogP contribution < -0.4 is 0 Å². The third-order valence-corrected chi connectivity index (χ3v) is 2.37. The van der Waals surface area contributed by atoms with Gasteiger partial charge in [-0.2, -0.15) is 13.2 Å². The minimum atomic E-state index is -4.69. The highest BCUT2D eigenvalue weighted by molar-refractivity contribution is 5.25. The summed E-state index contributed by atoms with van der Waals surface area (Å²) >= 11 is 0. The Balaban J connectivity index is 3.15. The molecule has 88 valence electrons. The molecule has 1 unspecified atom stereocenters. The Labute approximate surface area is 92.2 Å². The average molecular weight is 230 g/mol. The number of rotatable bonds is 3. The molecule has 0 fully saturated rings. The topological polar surface area (TPSA) is 20.2 Å². The highest BCUT2D eigenvalue weighted by Crippen LogP contribution is 2.41. The van der Waals surface area contributed by atoms with Crippen molar-refractivity contribution in [3.63, 3.8) is 0 Å². The molecule has 0 spiro atoms. The Hall–Kier alpha value is -1.29. The van der Waals surface area contributed by atoms with Gasteiger partial charge in [0.05, 0.1) is 0 Å². The van der Waals surface area contributed by atoms with Crippen molar-refractivity contribution >= 4 is 0 Å². The maximum absolute atomic E-state index is 12.8. The molecule has 1 aromatic rings. The highest BCUT2D eigenvalue weighted by Gasteiger charge is 2.53. The van der Waals surface area contributed by atoms with E-state index in [0.717, 1.165) is 0 Å². The van der Waals surface area contributed by atoms with Crippen LogP contribution in [0.5, 0.6) is 0 Å². The Kier molecular flexibility index (Phi) is 3.75. The van der Waals surface area contributed by atoms with Crippen molar-refractivity contribution in [1.29, 1.82) is 0 Å². The van der Waals surface area contributed by atoms with Gasteiger partial charge in [-0.15, -0.1) is 0 Å². The molecular weight excluding hydrogens is 217 g/mol. The van der Waals surface area contributed by atoms with Gasteiger partial charge in [0.25, 0.3) is 0 Å². The molecule has 0 bridgehead atoms. The first kappa shape index (κ1) is 12.8. The number of aliphatic hydroxyl groups is 1. The van der Waals surface area contributed by atoms with E-state index in [0.29, 0.717) is 0 Å². The van der Waals surface area contributed by atoms with Crippen molar-refractivity contribution in [2.45, 2.75) is 25.1 Å². The summed E-state index contributed by atoms with van der Waals surface area (Å²) in [7, 11) is 0. The number of hydrogen-bond acceptors (Lipinski definition) is 1. The lowest BCUT2D eigenvalue weighted by Gasteiger charge is -2.30. The van der Waals surface area contributed by atoms with Gasteiger partial charge in [-0.25, -0.2) is 0 Å². The third kappa shape index (κ3) is 2.44. The van der Waals surface area contributed by atoms with Crippen LogP contribution >= 0.6 is 0 Å². The largest absolute Gasteiger partial charge is 0.421 e. The molecule has 0 aliphatic rings. The fourth-order valence-corrected chi connectivity index (χ4v) is 1.40. The van der Waals surface area contributed by atoms with Crippen LogP contribution in [0.25, 0.3) is 0 Å². The van der Waals surface area contributed by atoms with Crippen LogP contribution in [0.1, 0.15) is 18.9 Å². The van der Waals surface area contributed by atoms with Crippen molar-refractivity contribution in [2.24, 2.45) is 0 Å². The van der Waals surface area contributed by atoms with Crippen molar-refractivity contribution in [2.75, 3.05) is 0 Å². The molecule has 0 aliphatic heterocycles. The van der Waals surface area contributed by atoms with E-state index in [2.05, 4.69) is 0 Å². The molecule has 0 saturated carbocycles. The zero-order valence-electron chi connectivity index (χ0n) is 8.83. The Bertz CT molecular complexity index is 356. The van der Waals surface area contributed by atoms with Crippen LogP contribution in [0.3, 0.4) is 0 Å². The first-order chi connectivity index (χ1) is 7.42. The van der Waals surface area contributed by atoms with Crippen molar-refractivity contribution in [3.05, 3.63) is 48.0 Å². The number of alkyl halides is 3. The molecule has 1 N–H and O–H groups in total. The van der Waals surface area contributed by atoms with Crippen LogP contribution in [0.4, 0.5) is 13.2 Å². The Morgan fingerprint density at radius 2 is 1.75 bits per heavy atom. The summed E-state index contributed by atoms with van der Waals surface area (Å²) in [5.74, 6) is 0. The zero-order valence-corrected chi connectivity index (χ0v) is 8.83. The lowest BCUT2D eigenvalue weighted by atomic mass is 9.89. The molecule has 0 radical (unpaired) electrons. The second-order valence-electron chi connectivity index (χ2n) is 3.50. The van der Waals surface area contributed by atoms with Gasteiger partial charge in [0.15, 0.2) is 5.60 Å². The highest BCUT2D eigenvalue weighted by atomic mass is 19.4. The quantitative estimate of drug-likeness (QED) is 0.789. The summed E-state index contributed by atoms with van der Waals surface area (Å²) in [4.78, 5) is 0. The molecular formula is C12H13F3O. The second-order valence-corrected chi connectivity index (χ2v) is 3.50. The van der Waals surface area contributed by atoms with Crippen molar-refractivity contribution in [3.8, 4) is 0 Å². The normalized spacial score (nSPS) is 16.3. The van der Waals surface area contributed by atoms with E-state index in [1.54, 1.807) is 13.0 Å². The number of hydrogen-bond donors (Lipinski definition) is 1. The first-order valence-corrected chi connectivity index (χ1v) is 4.87. The second kappa shape index (κ2) is 4.70. The van der Waals surface area contributed by atoms with Gasteiger partial charge in [-0.3, -0.25) is 0 Å². The summed E-state index contributed by atoms with van der Waals surface area (Å²) in [5, 5.41) is 9.77. The molecule has 0 aliphatic carbocycles. The van der Waals surface area contributed by atoms with E-state index >= 15 is 0 Å². The van der Waals surface area contributed by atoms with E-state index in [-0.39, 0.29) is 5.56 Å². The molecule has 0 amide bonds. The van der Waals surface area contributed by atoms with Crippen LogP contribution in [-0.2, 0) is 5.60 Å². The monoisotopic (exact) mass is 230 g/mol. The zero-order chi connectivity index (χ0) is 12.2. The minimum Gasteiger partial charge on any atom is -0.376 e. The molecule has 16 heavy (non-hydrogen) atoms. The summed E-state index contributed by atoms with van der Waals surface area (Å²) in [6, 6.07) is 7.10. The van der Waals surface area contributed by atoms with Gasteiger partial charge in [0, 0.05) is 6.42 Å². The van der Waals surface area contributed by atoms with Gasteiger partial charge in [-0.05, 0) is 12.5 Å². The van der Waals surface area contributed by atoms with E-state index in [9.17, 15) is 18.3 Å². The van der Waals surface area contributed by atoms with Gasteiger partial charge < -0.3 is 5.11 Å². The van der Waals surface area contributed by atoms with E-state index < -0.39 is 18.2 Å². The van der Waals surface area contributed by atoms with Crippen LogP contribution in [0, 0.1) is 0 Å². The van der Waals surface area contributed by atoms with Gasteiger partial charge in [0.1, 0.15) is 0 Å². The molecule has 4 heteroatoms. The number of halogens is 3. The van der Waals surface area contributed by atoms with Gasteiger partial charge >= 0.3 is 6.18 Å². The lowest BCUT2D eigenvalue weighted by molar-refractivity contribution is -0.265. The standard InChI is InChI=1S/C12H13F3O/c1-2-3-9-11(16,12(13,14)15)10-7-5-4-6-8-10/h2-8,16H,9H2,1H3. The van der Waals surface area contributed by atoms with Crippen LogP contribution in [-0.4, -0.2) is 11.3 Å². The van der Waals surface area contributed by atoms with Gasteiger partial charge in [0.2, 0.25) is 0 Å². The predicted molar refractivity (Wildman–Crippen MR) is 55.8 cm³/mol. The van der Waals surface area contributed by atoms with Crippen LogP contribution in [0.2, 0.25) is 0 Å². The predicted octanol–water partition coefficient (Wildman–Crippen LogP) is 3.40. The van der Waals surface area contributed by atoms with E-state index in [1.807, 2.05) is 0 Å². The van der Waals surface area contributed by atoms with Crippen LogP contribution in [0.15, 0.2) is 42.5 Å². The lowest BCUT2D eigenvalue weighted by Crippen LogP contribution is -2.41. The molecule has 0 heterocycles. The molecule has 1 nitrogen and oxygen atoms in total. The maximum atomic E-state index is 12.8. The maximum Gasteiger partial charge on any atom is 0.421 e. The summed E-state index contributed by atoms with van der Waals surface area (Å²) in [6.07, 6.45) is -2.37.